The van der Waals surface area contributed by atoms with Gasteiger partial charge in [-0.2, -0.15) is 0 Å². The number of nitrogens with zero attached hydrogens (tertiary/aromatic N) is 7. The number of carbonyl (C=O) groups excluding carboxylic acids is 3. The SMILES string of the molecule is O=C1CC[C@H](N2Cc3ccc(N4CCC(CN5CCc6nc(O[C@H]7CN8c9cc(-c%10cccc(Cl)c%10O)nnc9NC[C@@]8(C(F)F)C7)ccc6C5)CC4)cc3C2=O)C(=O)N1. The maximum atomic E-state index is 15.0. The second-order valence-electron chi connectivity index (χ2n) is 16.8. The number of halogens is 3. The molecule has 3 saturated heterocycles. The zero-order valence-corrected chi connectivity index (χ0v) is 33.5. The van der Waals surface area contributed by atoms with Crippen molar-refractivity contribution in [2.75, 3.05) is 54.4 Å². The highest BCUT2D eigenvalue weighted by atomic mass is 35.5. The third kappa shape index (κ3) is 6.82. The third-order valence-corrected chi connectivity index (χ3v) is 13.5. The van der Waals surface area contributed by atoms with Crippen molar-refractivity contribution < 1.29 is 33.0 Å². The molecule has 4 aromatic rings. The lowest BCUT2D eigenvalue weighted by molar-refractivity contribution is -0.136. The molecule has 0 spiro atoms. The largest absolute Gasteiger partial charge is 0.506 e. The van der Waals surface area contributed by atoms with E-state index in [1.807, 2.05) is 24.3 Å². The van der Waals surface area contributed by atoms with Gasteiger partial charge >= 0.3 is 0 Å². The van der Waals surface area contributed by atoms with Crippen LogP contribution < -0.4 is 25.2 Å². The van der Waals surface area contributed by atoms with E-state index in [0.717, 1.165) is 74.5 Å². The molecule has 3 fully saturated rings. The van der Waals surface area contributed by atoms with Gasteiger partial charge in [-0.15, -0.1) is 10.2 Å². The van der Waals surface area contributed by atoms with Gasteiger partial charge in [-0.05, 0) is 66.6 Å². The molecule has 14 nitrogen and oxygen atoms in total. The Kier molecular flexibility index (Phi) is 9.73. The lowest BCUT2D eigenvalue weighted by atomic mass is 9.93. The predicted octanol–water partition coefficient (Wildman–Crippen LogP) is 5.02. The number of alkyl halides is 2. The maximum absolute atomic E-state index is 15.0. The normalized spacial score (nSPS) is 24.2. The number of ether oxygens (including phenoxy) is 1. The number of phenolic OH excluding ortho intramolecular Hbond substituents is 1. The van der Waals surface area contributed by atoms with Crippen molar-refractivity contribution in [3.05, 3.63) is 82.0 Å². The summed E-state index contributed by atoms with van der Waals surface area (Å²) in [4.78, 5) is 50.4. The topological polar surface area (TPSA) is 156 Å². The molecular formula is C43H44ClF2N9O5. The molecule has 0 bridgehead atoms. The molecule has 2 aromatic heterocycles. The average Bonchev–Trinajstić information content (AvgIpc) is 3.79. The quantitative estimate of drug-likeness (QED) is 0.204. The van der Waals surface area contributed by atoms with Crippen LogP contribution in [0, 0.1) is 5.92 Å². The van der Waals surface area contributed by atoms with E-state index in [1.165, 1.54) is 0 Å². The first kappa shape index (κ1) is 38.6. The molecule has 10 rings (SSSR count). The Labute approximate surface area is 349 Å². The minimum absolute atomic E-state index is 0.0253. The van der Waals surface area contributed by atoms with Crippen molar-refractivity contribution in [2.45, 2.75) is 75.7 Å². The molecule has 0 aliphatic carbocycles. The molecular weight excluding hydrogens is 796 g/mol. The molecule has 0 radical (unpaired) electrons. The van der Waals surface area contributed by atoms with Gasteiger partial charge in [0.2, 0.25) is 17.7 Å². The minimum atomic E-state index is -2.68. The number of para-hydroxylation sites is 1. The highest BCUT2D eigenvalue weighted by Gasteiger charge is 2.56. The molecule has 8 heterocycles. The van der Waals surface area contributed by atoms with Gasteiger partial charge in [-0.1, -0.05) is 29.8 Å². The van der Waals surface area contributed by atoms with Crippen molar-refractivity contribution in [3.8, 4) is 22.9 Å². The van der Waals surface area contributed by atoms with Gasteiger partial charge < -0.3 is 29.9 Å². The van der Waals surface area contributed by atoms with Crippen LogP contribution in [-0.2, 0) is 29.1 Å². The summed E-state index contributed by atoms with van der Waals surface area (Å²) in [5.41, 5.74) is 4.26. The first-order chi connectivity index (χ1) is 29.0. The van der Waals surface area contributed by atoms with Crippen LogP contribution in [0.15, 0.2) is 54.6 Å². The van der Waals surface area contributed by atoms with Gasteiger partial charge in [-0.3, -0.25) is 24.6 Å². The molecule has 2 aromatic carbocycles. The van der Waals surface area contributed by atoms with Gasteiger partial charge in [0.15, 0.2) is 5.82 Å². The van der Waals surface area contributed by atoms with Crippen molar-refractivity contribution in [3.63, 3.8) is 0 Å². The Morgan fingerprint density at radius 2 is 1.78 bits per heavy atom. The number of fused-ring (bicyclic) bond motifs is 5. The summed E-state index contributed by atoms with van der Waals surface area (Å²) in [6.07, 6.45) is 0.240. The van der Waals surface area contributed by atoms with E-state index in [0.29, 0.717) is 53.1 Å². The van der Waals surface area contributed by atoms with Crippen molar-refractivity contribution in [2.24, 2.45) is 5.92 Å². The van der Waals surface area contributed by atoms with Gasteiger partial charge in [0.05, 0.1) is 28.6 Å². The number of hydrogen-bond donors (Lipinski definition) is 3. The first-order valence-corrected chi connectivity index (χ1v) is 21.0. The van der Waals surface area contributed by atoms with Crippen LogP contribution in [0.4, 0.5) is 26.0 Å². The molecule has 6 aliphatic rings. The summed E-state index contributed by atoms with van der Waals surface area (Å²) >= 11 is 6.14. The molecule has 0 unspecified atom stereocenters. The van der Waals surface area contributed by atoms with Gasteiger partial charge in [0.25, 0.3) is 12.3 Å². The molecule has 6 aliphatic heterocycles. The van der Waals surface area contributed by atoms with E-state index in [1.54, 1.807) is 34.1 Å². The van der Waals surface area contributed by atoms with Crippen molar-refractivity contribution in [1.29, 1.82) is 0 Å². The van der Waals surface area contributed by atoms with E-state index in [2.05, 4.69) is 36.7 Å². The molecule has 312 valence electrons. The number of nitrogens with one attached hydrogen (secondary N) is 2. The van der Waals surface area contributed by atoms with Crippen LogP contribution in [0.3, 0.4) is 0 Å². The number of phenols is 1. The number of aromatic hydroxyl groups is 1. The number of piperidine rings is 2. The molecule has 3 atom stereocenters. The predicted molar refractivity (Wildman–Crippen MR) is 218 cm³/mol. The summed E-state index contributed by atoms with van der Waals surface area (Å²) in [7, 11) is 0. The number of carbonyl (C=O) groups is 3. The molecule has 17 heteroatoms. The highest BCUT2D eigenvalue weighted by Crippen LogP contribution is 2.47. The molecule has 3 amide bonds. The van der Waals surface area contributed by atoms with Crippen LogP contribution in [0.25, 0.3) is 11.3 Å². The number of hydrogen-bond acceptors (Lipinski definition) is 12. The summed E-state index contributed by atoms with van der Waals surface area (Å²) in [5, 5.41) is 24.7. The fraction of sp³-hybridized carbons (Fsp3) is 0.442. The summed E-state index contributed by atoms with van der Waals surface area (Å²) < 4.78 is 36.4. The minimum Gasteiger partial charge on any atom is -0.506 e. The summed E-state index contributed by atoms with van der Waals surface area (Å²) in [6, 6.07) is 15.8. The number of aromatic nitrogens is 3. The van der Waals surface area contributed by atoms with Crippen LogP contribution in [0.5, 0.6) is 11.6 Å². The Morgan fingerprint density at radius 1 is 0.950 bits per heavy atom. The number of benzene rings is 2. The zero-order chi connectivity index (χ0) is 41.3. The third-order valence-electron chi connectivity index (χ3n) is 13.2. The van der Waals surface area contributed by atoms with Crippen LogP contribution in [0.1, 0.15) is 59.3 Å². The number of pyridine rings is 1. The van der Waals surface area contributed by atoms with Crippen LogP contribution in [0.2, 0.25) is 5.02 Å². The van der Waals surface area contributed by atoms with Crippen LogP contribution >= 0.6 is 11.6 Å². The van der Waals surface area contributed by atoms with E-state index in [-0.39, 0.29) is 48.5 Å². The van der Waals surface area contributed by atoms with E-state index >= 15 is 0 Å². The maximum Gasteiger partial charge on any atom is 0.263 e. The summed E-state index contributed by atoms with van der Waals surface area (Å²) in [5.74, 6) is 0.329. The standard InChI is InChI=1S/C43H44ClF2N9O5/c44-31-3-1-2-29(38(31)57)33-17-35-39(51-50-33)47-23-43(42(45)46)18-28(22-55(35)43)60-37-9-5-26-20-52(13-12-32(26)48-37)19-24-10-14-53(15-11-24)27-6-4-25-21-54(41(59)30(25)16-27)34-7-8-36(56)49-40(34)58/h1-6,9,16-17,24,28,34,42,57H,7-8,10-15,18-23H2,(H,47,51)(H,49,56,58)/t28-,34+,43-/m1/s1. The lowest BCUT2D eigenvalue weighted by Crippen LogP contribution is -2.57. The van der Waals surface area contributed by atoms with Crippen LogP contribution in [-0.4, -0.2) is 111 Å². The van der Waals surface area contributed by atoms with Gasteiger partial charge in [0, 0.05) is 88.0 Å². The second kappa shape index (κ2) is 15.1. The molecule has 60 heavy (non-hydrogen) atoms. The Hall–Kier alpha value is -5.61. The fourth-order valence-corrected chi connectivity index (χ4v) is 10.1. The Balaban J connectivity index is 0.747. The number of amides is 3. The Bertz CT molecular complexity index is 2400. The monoisotopic (exact) mass is 839 g/mol. The van der Waals surface area contributed by atoms with Gasteiger partial charge in [0.1, 0.15) is 23.4 Å². The lowest BCUT2D eigenvalue weighted by Gasteiger charge is -2.43. The van der Waals surface area contributed by atoms with Crippen molar-refractivity contribution >= 4 is 46.5 Å². The fourth-order valence-electron chi connectivity index (χ4n) is 9.95. The van der Waals surface area contributed by atoms with E-state index in [4.69, 9.17) is 21.3 Å². The number of imide groups is 1. The molecule has 3 N–H and O–H groups in total. The smallest absolute Gasteiger partial charge is 0.263 e. The number of rotatable bonds is 8. The van der Waals surface area contributed by atoms with Gasteiger partial charge in [-0.25, -0.2) is 13.8 Å². The molecule has 0 saturated carbocycles. The van der Waals surface area contributed by atoms with E-state index < -0.39 is 30.0 Å². The highest BCUT2D eigenvalue weighted by molar-refractivity contribution is 6.32. The first-order valence-electron chi connectivity index (χ1n) is 20.6. The Morgan fingerprint density at radius 3 is 2.60 bits per heavy atom. The van der Waals surface area contributed by atoms with Crippen molar-refractivity contribution in [1.82, 2.24) is 30.3 Å². The number of anilines is 3. The zero-order valence-electron chi connectivity index (χ0n) is 32.7. The second-order valence-corrected chi connectivity index (χ2v) is 17.2. The average molecular weight is 840 g/mol. The van der Waals surface area contributed by atoms with E-state index in [9.17, 15) is 28.3 Å². The summed E-state index contributed by atoms with van der Waals surface area (Å²) in [6.45, 7) is 4.92.